The lowest BCUT2D eigenvalue weighted by molar-refractivity contribution is 0.0800. The zero-order valence-electron chi connectivity index (χ0n) is 18.4. The van der Waals surface area contributed by atoms with Gasteiger partial charge in [0.2, 0.25) is 0 Å². The predicted octanol–water partition coefficient (Wildman–Crippen LogP) is 8.21. The van der Waals surface area contributed by atoms with E-state index in [1.54, 1.807) is 12.1 Å². The molecule has 0 saturated heterocycles. The molecule has 28 heavy (non-hydrogen) atoms. The molecule has 1 aromatic carbocycles. The first kappa shape index (κ1) is 25.5. The van der Waals surface area contributed by atoms with Gasteiger partial charge in [-0.3, -0.25) is 0 Å². The SMILES string of the molecule is CC(C)OCCCSCCCCCCCCCCCCCc1ccc(F)cc1. The predicted molar refractivity (Wildman–Crippen MR) is 124 cm³/mol. The lowest BCUT2D eigenvalue weighted by Gasteiger charge is -2.07. The molecule has 1 aromatic rings. The Morgan fingerprint density at radius 2 is 1.21 bits per heavy atom. The number of thioether (sulfide) groups is 1. The van der Waals surface area contributed by atoms with E-state index in [9.17, 15) is 4.39 Å². The standard InChI is InChI=1S/C25H43FOS/c1-23(2)27-20-14-22-28-21-13-11-9-7-5-3-4-6-8-10-12-15-24-16-18-25(26)19-17-24/h16-19,23H,3-15,20-22H2,1-2H3. The van der Waals surface area contributed by atoms with E-state index in [-0.39, 0.29) is 5.82 Å². The van der Waals surface area contributed by atoms with Crippen molar-refractivity contribution in [2.24, 2.45) is 0 Å². The smallest absolute Gasteiger partial charge is 0.123 e. The molecule has 0 radical (unpaired) electrons. The lowest BCUT2D eigenvalue weighted by Crippen LogP contribution is -2.04. The number of rotatable bonds is 19. The molecule has 1 nitrogen and oxygen atoms in total. The van der Waals surface area contributed by atoms with Crippen molar-refractivity contribution >= 4 is 11.8 Å². The van der Waals surface area contributed by atoms with Crippen LogP contribution in [0.4, 0.5) is 4.39 Å². The van der Waals surface area contributed by atoms with Gasteiger partial charge in [-0.05, 0) is 68.7 Å². The van der Waals surface area contributed by atoms with Crippen molar-refractivity contribution in [2.75, 3.05) is 18.1 Å². The van der Waals surface area contributed by atoms with Crippen LogP contribution < -0.4 is 0 Å². The maximum Gasteiger partial charge on any atom is 0.123 e. The Kier molecular flexibility index (Phi) is 16.8. The van der Waals surface area contributed by atoms with Crippen molar-refractivity contribution in [1.29, 1.82) is 0 Å². The summed E-state index contributed by atoms with van der Waals surface area (Å²) in [6, 6.07) is 6.96. The highest BCUT2D eigenvalue weighted by Gasteiger charge is 1.97. The first-order valence-electron chi connectivity index (χ1n) is 11.6. The fourth-order valence-corrected chi connectivity index (χ4v) is 4.29. The maximum atomic E-state index is 12.8. The van der Waals surface area contributed by atoms with Crippen molar-refractivity contribution < 1.29 is 9.13 Å². The highest BCUT2D eigenvalue weighted by Crippen LogP contribution is 2.14. The van der Waals surface area contributed by atoms with Gasteiger partial charge in [0.25, 0.3) is 0 Å². The summed E-state index contributed by atoms with van der Waals surface area (Å²) in [6.07, 6.45) is 17.7. The van der Waals surface area contributed by atoms with Gasteiger partial charge >= 0.3 is 0 Å². The Bertz CT molecular complexity index is 446. The van der Waals surface area contributed by atoms with Crippen LogP contribution >= 0.6 is 11.8 Å². The molecule has 0 unspecified atom stereocenters. The van der Waals surface area contributed by atoms with Gasteiger partial charge in [0.05, 0.1) is 6.10 Å². The zero-order chi connectivity index (χ0) is 20.3. The molecule has 0 aromatic heterocycles. The molecule has 0 spiro atoms. The Balaban J connectivity index is 1.71. The van der Waals surface area contributed by atoms with Gasteiger partial charge < -0.3 is 4.74 Å². The van der Waals surface area contributed by atoms with Gasteiger partial charge in [0.1, 0.15) is 5.82 Å². The number of benzene rings is 1. The minimum Gasteiger partial charge on any atom is -0.379 e. The summed E-state index contributed by atoms with van der Waals surface area (Å²) in [5, 5.41) is 0. The van der Waals surface area contributed by atoms with Gasteiger partial charge in [-0.1, -0.05) is 69.9 Å². The van der Waals surface area contributed by atoms with Crippen molar-refractivity contribution in [3.05, 3.63) is 35.6 Å². The van der Waals surface area contributed by atoms with E-state index >= 15 is 0 Å². The molecular weight excluding hydrogens is 367 g/mol. The van der Waals surface area contributed by atoms with E-state index in [0.717, 1.165) is 13.0 Å². The monoisotopic (exact) mass is 410 g/mol. The van der Waals surface area contributed by atoms with E-state index in [1.807, 2.05) is 12.1 Å². The highest BCUT2D eigenvalue weighted by atomic mass is 32.2. The van der Waals surface area contributed by atoms with E-state index < -0.39 is 0 Å². The third kappa shape index (κ3) is 16.4. The van der Waals surface area contributed by atoms with Gasteiger partial charge in [0, 0.05) is 6.61 Å². The van der Waals surface area contributed by atoms with Crippen LogP contribution in [-0.4, -0.2) is 24.2 Å². The Hall–Kier alpha value is -0.540. The van der Waals surface area contributed by atoms with Crippen LogP contribution in [-0.2, 0) is 11.2 Å². The van der Waals surface area contributed by atoms with Crippen molar-refractivity contribution in [1.82, 2.24) is 0 Å². The van der Waals surface area contributed by atoms with Crippen LogP contribution in [0, 0.1) is 5.82 Å². The molecule has 0 fully saturated rings. The molecule has 0 N–H and O–H groups in total. The van der Waals surface area contributed by atoms with E-state index in [1.165, 1.54) is 94.1 Å². The van der Waals surface area contributed by atoms with Crippen molar-refractivity contribution in [3.8, 4) is 0 Å². The highest BCUT2D eigenvalue weighted by molar-refractivity contribution is 7.99. The summed E-state index contributed by atoms with van der Waals surface area (Å²) in [5.74, 6) is 2.43. The molecule has 0 amide bonds. The number of hydrogen-bond donors (Lipinski definition) is 0. The number of hydrogen-bond acceptors (Lipinski definition) is 2. The van der Waals surface area contributed by atoms with E-state index in [2.05, 4.69) is 25.6 Å². The number of halogens is 1. The second-order valence-electron chi connectivity index (χ2n) is 8.15. The minimum atomic E-state index is -0.134. The average molecular weight is 411 g/mol. The fraction of sp³-hybridized carbons (Fsp3) is 0.760. The maximum absolute atomic E-state index is 12.8. The first-order valence-corrected chi connectivity index (χ1v) is 12.8. The van der Waals surface area contributed by atoms with E-state index in [0.29, 0.717) is 6.10 Å². The summed E-state index contributed by atoms with van der Waals surface area (Å²) in [4.78, 5) is 0. The fourth-order valence-electron chi connectivity index (χ4n) is 3.36. The third-order valence-electron chi connectivity index (χ3n) is 5.05. The van der Waals surface area contributed by atoms with Crippen LogP contribution in [0.25, 0.3) is 0 Å². The molecule has 0 atom stereocenters. The average Bonchev–Trinajstić information content (AvgIpc) is 2.68. The summed E-state index contributed by atoms with van der Waals surface area (Å²) < 4.78 is 18.4. The third-order valence-corrected chi connectivity index (χ3v) is 6.21. The molecule has 3 heteroatoms. The largest absolute Gasteiger partial charge is 0.379 e. The molecule has 0 aliphatic carbocycles. The lowest BCUT2D eigenvalue weighted by atomic mass is 10.0. The summed E-state index contributed by atoms with van der Waals surface area (Å²) in [5.41, 5.74) is 1.26. The second-order valence-corrected chi connectivity index (χ2v) is 9.38. The quantitative estimate of drug-likeness (QED) is 0.212. The molecule has 1 rings (SSSR count). The van der Waals surface area contributed by atoms with Gasteiger partial charge in [-0.25, -0.2) is 4.39 Å². The number of ether oxygens (including phenoxy) is 1. The summed E-state index contributed by atoms with van der Waals surface area (Å²) in [7, 11) is 0. The van der Waals surface area contributed by atoms with Crippen molar-refractivity contribution in [2.45, 2.75) is 103 Å². The molecule has 0 aliphatic rings. The Morgan fingerprint density at radius 1 is 0.714 bits per heavy atom. The van der Waals surface area contributed by atoms with Gasteiger partial charge in [-0.15, -0.1) is 0 Å². The van der Waals surface area contributed by atoms with Crippen LogP contribution in [0.5, 0.6) is 0 Å². The van der Waals surface area contributed by atoms with Crippen LogP contribution in [0.3, 0.4) is 0 Å². The molecular formula is C25H43FOS. The molecule has 162 valence electrons. The topological polar surface area (TPSA) is 9.23 Å². The molecule has 0 aliphatic heterocycles. The van der Waals surface area contributed by atoms with Gasteiger partial charge in [0.15, 0.2) is 0 Å². The summed E-state index contributed by atoms with van der Waals surface area (Å²) in [6.45, 7) is 5.12. The van der Waals surface area contributed by atoms with Crippen LogP contribution in [0.15, 0.2) is 24.3 Å². The van der Waals surface area contributed by atoms with Crippen LogP contribution in [0.2, 0.25) is 0 Å². The van der Waals surface area contributed by atoms with Crippen molar-refractivity contribution in [3.63, 3.8) is 0 Å². The normalized spacial score (nSPS) is 11.4. The zero-order valence-corrected chi connectivity index (χ0v) is 19.2. The number of aryl methyl sites for hydroxylation is 1. The van der Waals surface area contributed by atoms with Crippen LogP contribution in [0.1, 0.15) is 96.5 Å². The van der Waals surface area contributed by atoms with E-state index in [4.69, 9.17) is 4.74 Å². The first-order chi connectivity index (χ1) is 13.7. The Morgan fingerprint density at radius 3 is 1.79 bits per heavy atom. The number of unbranched alkanes of at least 4 members (excludes halogenated alkanes) is 10. The molecule has 0 saturated carbocycles. The Labute approximate surface area is 178 Å². The second kappa shape index (κ2) is 18.5. The molecule has 0 heterocycles. The molecule has 0 bridgehead atoms. The minimum absolute atomic E-state index is 0.134. The van der Waals surface area contributed by atoms with Gasteiger partial charge in [-0.2, -0.15) is 11.8 Å². The summed E-state index contributed by atoms with van der Waals surface area (Å²) >= 11 is 2.09.